The monoisotopic (exact) mass is 273 g/mol. The molecule has 96 valence electrons. The van der Waals surface area contributed by atoms with Gasteiger partial charge in [0.05, 0.1) is 5.56 Å². The van der Waals surface area contributed by atoms with Gasteiger partial charge in [-0.25, -0.2) is 4.98 Å². The van der Waals surface area contributed by atoms with Crippen molar-refractivity contribution in [1.29, 1.82) is 0 Å². The number of benzene rings is 1. The zero-order valence-electron chi connectivity index (χ0n) is 9.12. The summed E-state index contributed by atoms with van der Waals surface area (Å²) < 4.78 is 38.0. The van der Waals surface area contributed by atoms with Gasteiger partial charge in [0, 0.05) is 23.8 Å². The van der Waals surface area contributed by atoms with Crippen molar-refractivity contribution in [2.75, 3.05) is 5.32 Å². The smallest absolute Gasteiger partial charge is 0.352 e. The second-order valence-corrected chi connectivity index (χ2v) is 4.12. The number of nitrogens with zero attached hydrogens (tertiary/aromatic N) is 1. The highest BCUT2D eigenvalue weighted by Gasteiger charge is 2.32. The van der Waals surface area contributed by atoms with E-state index < -0.39 is 11.7 Å². The Morgan fingerprint density at radius 1 is 1.33 bits per heavy atom. The molecule has 0 bridgehead atoms. The molecule has 18 heavy (non-hydrogen) atoms. The number of rotatable bonds is 3. The molecule has 0 radical (unpaired) electrons. The van der Waals surface area contributed by atoms with E-state index in [4.69, 9.17) is 0 Å². The van der Waals surface area contributed by atoms with Crippen LogP contribution in [0.3, 0.4) is 0 Å². The molecular weight excluding hydrogens is 263 g/mol. The van der Waals surface area contributed by atoms with E-state index in [0.29, 0.717) is 11.5 Å². The Morgan fingerprint density at radius 2 is 2.11 bits per heavy atom. The lowest BCUT2D eigenvalue weighted by molar-refractivity contribution is -0.139. The summed E-state index contributed by atoms with van der Waals surface area (Å²) in [4.78, 5) is 6.64. The standard InChI is InChI=1S/C11H10F3N3S/c12-11(13,14)8-5-7(1-2-9(8)18)6-17-10-15-3-4-16-10/h1-5,18H,6H2,(H2,15,16,17). The summed E-state index contributed by atoms with van der Waals surface area (Å²) in [6.07, 6.45) is -1.21. The Bertz CT molecular complexity index is 523. The molecule has 1 aromatic heterocycles. The normalized spacial score (nSPS) is 11.6. The Balaban J connectivity index is 2.15. The van der Waals surface area contributed by atoms with Crippen molar-refractivity contribution in [3.05, 3.63) is 41.7 Å². The average molecular weight is 273 g/mol. The maximum Gasteiger partial charge on any atom is 0.417 e. The number of H-pyrrole nitrogens is 1. The number of alkyl halides is 3. The molecule has 1 aromatic carbocycles. The third-order valence-electron chi connectivity index (χ3n) is 2.32. The Labute approximate surface area is 107 Å². The summed E-state index contributed by atoms with van der Waals surface area (Å²) in [5, 5.41) is 2.88. The van der Waals surface area contributed by atoms with E-state index in [1.165, 1.54) is 6.07 Å². The third-order valence-corrected chi connectivity index (χ3v) is 2.71. The van der Waals surface area contributed by atoms with Crippen LogP contribution >= 0.6 is 12.6 Å². The lowest BCUT2D eigenvalue weighted by Gasteiger charge is -2.11. The van der Waals surface area contributed by atoms with E-state index in [1.807, 2.05) is 0 Å². The second kappa shape index (κ2) is 4.93. The number of nitrogens with one attached hydrogen (secondary N) is 2. The van der Waals surface area contributed by atoms with Crippen LogP contribution in [0.2, 0.25) is 0 Å². The molecule has 0 spiro atoms. The van der Waals surface area contributed by atoms with Crippen molar-refractivity contribution in [1.82, 2.24) is 9.97 Å². The molecule has 0 fully saturated rings. The largest absolute Gasteiger partial charge is 0.417 e. The van der Waals surface area contributed by atoms with Gasteiger partial charge in [0.1, 0.15) is 0 Å². The average Bonchev–Trinajstić information content (AvgIpc) is 2.79. The van der Waals surface area contributed by atoms with Crippen LogP contribution in [-0.4, -0.2) is 9.97 Å². The van der Waals surface area contributed by atoms with Crippen molar-refractivity contribution in [3.8, 4) is 0 Å². The number of halogens is 3. The first kappa shape index (κ1) is 12.8. The number of imidazole rings is 1. The number of aromatic amines is 1. The highest BCUT2D eigenvalue weighted by Crippen LogP contribution is 2.34. The summed E-state index contributed by atoms with van der Waals surface area (Å²) in [7, 11) is 0. The molecule has 0 amide bonds. The quantitative estimate of drug-likeness (QED) is 0.751. The molecule has 3 nitrogen and oxygen atoms in total. The second-order valence-electron chi connectivity index (χ2n) is 3.64. The maximum atomic E-state index is 12.7. The van der Waals surface area contributed by atoms with Gasteiger partial charge in [-0.15, -0.1) is 12.6 Å². The molecule has 0 unspecified atom stereocenters. The summed E-state index contributed by atoms with van der Waals surface area (Å²) in [5.74, 6) is 0.513. The lowest BCUT2D eigenvalue weighted by Crippen LogP contribution is -2.08. The zero-order chi connectivity index (χ0) is 13.2. The summed E-state index contributed by atoms with van der Waals surface area (Å²) in [6.45, 7) is 0.255. The first-order chi connectivity index (χ1) is 8.47. The molecule has 2 rings (SSSR count). The first-order valence-electron chi connectivity index (χ1n) is 5.09. The minimum absolute atomic E-state index is 0.0794. The lowest BCUT2D eigenvalue weighted by atomic mass is 10.1. The van der Waals surface area contributed by atoms with E-state index in [9.17, 15) is 13.2 Å². The van der Waals surface area contributed by atoms with Crippen LogP contribution < -0.4 is 5.32 Å². The molecule has 2 N–H and O–H groups in total. The van der Waals surface area contributed by atoms with Crippen LogP contribution in [0.1, 0.15) is 11.1 Å². The minimum Gasteiger partial charge on any atom is -0.352 e. The van der Waals surface area contributed by atoms with E-state index in [1.54, 1.807) is 18.5 Å². The molecule has 7 heteroatoms. The zero-order valence-corrected chi connectivity index (χ0v) is 10.0. The van der Waals surface area contributed by atoms with Gasteiger partial charge in [-0.2, -0.15) is 13.2 Å². The van der Waals surface area contributed by atoms with Gasteiger partial charge < -0.3 is 10.3 Å². The topological polar surface area (TPSA) is 40.7 Å². The molecule has 0 aliphatic rings. The molecule has 0 aliphatic carbocycles. The fraction of sp³-hybridized carbons (Fsp3) is 0.182. The van der Waals surface area contributed by atoms with Crippen molar-refractivity contribution in [2.24, 2.45) is 0 Å². The fourth-order valence-corrected chi connectivity index (χ4v) is 1.73. The molecule has 0 saturated carbocycles. The summed E-state index contributed by atoms with van der Waals surface area (Å²) >= 11 is 3.81. The minimum atomic E-state index is -4.39. The molecule has 0 saturated heterocycles. The number of thiol groups is 1. The van der Waals surface area contributed by atoms with Crippen LogP contribution in [0.4, 0.5) is 19.1 Å². The van der Waals surface area contributed by atoms with Gasteiger partial charge in [0.15, 0.2) is 5.95 Å². The Morgan fingerprint density at radius 3 is 2.72 bits per heavy atom. The highest BCUT2D eigenvalue weighted by atomic mass is 32.1. The Kier molecular flexibility index (Phi) is 3.51. The van der Waals surface area contributed by atoms with Gasteiger partial charge in [0.2, 0.25) is 0 Å². The predicted octanol–water partition coefficient (Wildman–Crippen LogP) is 3.33. The predicted molar refractivity (Wildman–Crippen MR) is 64.6 cm³/mol. The SMILES string of the molecule is FC(F)(F)c1cc(CNc2ncc[nH]2)ccc1S. The molecule has 0 aliphatic heterocycles. The maximum absolute atomic E-state index is 12.7. The van der Waals surface area contributed by atoms with Crippen LogP contribution in [-0.2, 0) is 12.7 Å². The van der Waals surface area contributed by atoms with Gasteiger partial charge in [-0.1, -0.05) is 6.07 Å². The van der Waals surface area contributed by atoms with E-state index in [-0.39, 0.29) is 11.4 Å². The Hall–Kier alpha value is -1.63. The number of hydrogen-bond acceptors (Lipinski definition) is 3. The molecule has 1 heterocycles. The molecular formula is C11H10F3N3S. The van der Waals surface area contributed by atoms with Crippen molar-refractivity contribution < 1.29 is 13.2 Å². The van der Waals surface area contributed by atoms with Crippen molar-refractivity contribution >= 4 is 18.6 Å². The van der Waals surface area contributed by atoms with Crippen LogP contribution in [0.15, 0.2) is 35.5 Å². The van der Waals surface area contributed by atoms with Crippen LogP contribution in [0, 0.1) is 0 Å². The van der Waals surface area contributed by atoms with Gasteiger partial charge in [0.25, 0.3) is 0 Å². The van der Waals surface area contributed by atoms with Gasteiger partial charge in [-0.3, -0.25) is 0 Å². The molecule has 0 atom stereocenters. The molecule has 2 aromatic rings. The first-order valence-corrected chi connectivity index (χ1v) is 5.54. The van der Waals surface area contributed by atoms with Gasteiger partial charge in [-0.05, 0) is 17.7 Å². The van der Waals surface area contributed by atoms with Crippen LogP contribution in [0.25, 0.3) is 0 Å². The van der Waals surface area contributed by atoms with E-state index >= 15 is 0 Å². The number of anilines is 1. The number of aromatic nitrogens is 2. The third kappa shape index (κ3) is 2.98. The number of hydrogen-bond donors (Lipinski definition) is 3. The van der Waals surface area contributed by atoms with Crippen LogP contribution in [0.5, 0.6) is 0 Å². The van der Waals surface area contributed by atoms with E-state index in [0.717, 1.165) is 6.07 Å². The van der Waals surface area contributed by atoms with E-state index in [2.05, 4.69) is 27.9 Å². The summed E-state index contributed by atoms with van der Waals surface area (Å²) in [6, 6.07) is 4.01. The fourth-order valence-electron chi connectivity index (χ4n) is 1.47. The summed E-state index contributed by atoms with van der Waals surface area (Å²) in [5.41, 5.74) is -0.221. The van der Waals surface area contributed by atoms with Crippen molar-refractivity contribution in [3.63, 3.8) is 0 Å². The van der Waals surface area contributed by atoms with Gasteiger partial charge >= 0.3 is 6.18 Å². The van der Waals surface area contributed by atoms with Crippen molar-refractivity contribution in [2.45, 2.75) is 17.6 Å². The highest BCUT2D eigenvalue weighted by molar-refractivity contribution is 7.80.